The van der Waals surface area contributed by atoms with E-state index in [1.54, 1.807) is 0 Å². The summed E-state index contributed by atoms with van der Waals surface area (Å²) < 4.78 is 30.8. The molecule has 0 aliphatic carbocycles. The lowest BCUT2D eigenvalue weighted by atomic mass is 10.2. The van der Waals surface area contributed by atoms with Gasteiger partial charge in [0.05, 0.1) is 6.61 Å². The van der Waals surface area contributed by atoms with Crippen LogP contribution in [-0.4, -0.2) is 27.4 Å². The van der Waals surface area contributed by atoms with Crippen LogP contribution in [0.4, 0.5) is 0 Å². The van der Waals surface area contributed by atoms with E-state index < -0.39 is 16.5 Å². The zero-order chi connectivity index (χ0) is 11.0. The van der Waals surface area contributed by atoms with Gasteiger partial charge >= 0.3 is 10.4 Å². The van der Waals surface area contributed by atoms with E-state index in [4.69, 9.17) is 0 Å². The van der Waals surface area contributed by atoms with Crippen molar-refractivity contribution in [3.05, 3.63) is 0 Å². The number of rotatable bonds is 8. The van der Waals surface area contributed by atoms with Crippen molar-refractivity contribution >= 4 is 16.7 Å². The minimum Gasteiger partial charge on any atom is -0.300 e. The summed E-state index contributed by atoms with van der Waals surface area (Å²) >= 11 is 0. The van der Waals surface area contributed by atoms with E-state index in [0.717, 1.165) is 12.8 Å². The predicted octanol–water partition coefficient (Wildman–Crippen LogP) is 1.04. The molecule has 0 fully saturated rings. The van der Waals surface area contributed by atoms with Gasteiger partial charge in [-0.15, -0.1) is 0 Å². The molecular formula is C8H16O5S. The molecule has 14 heavy (non-hydrogen) atoms. The molecule has 5 nitrogen and oxygen atoms in total. The summed E-state index contributed by atoms with van der Waals surface area (Å²) in [6.07, 6.45) is 1.57. The van der Waals surface area contributed by atoms with Gasteiger partial charge in [0.15, 0.2) is 0 Å². The zero-order valence-corrected chi connectivity index (χ0v) is 9.25. The van der Waals surface area contributed by atoms with Crippen LogP contribution in [0.3, 0.4) is 0 Å². The van der Waals surface area contributed by atoms with Gasteiger partial charge in [-0.3, -0.25) is 0 Å². The first-order chi connectivity index (χ1) is 6.55. The van der Waals surface area contributed by atoms with E-state index in [1.165, 1.54) is 6.92 Å². The first-order valence-corrected chi connectivity index (χ1v) is 5.92. The van der Waals surface area contributed by atoms with Crippen molar-refractivity contribution in [2.24, 2.45) is 0 Å². The Morgan fingerprint density at radius 1 is 1.36 bits per heavy atom. The highest BCUT2D eigenvalue weighted by molar-refractivity contribution is 7.81. The average Bonchev–Trinajstić information content (AvgIpc) is 2.12. The molecule has 0 rings (SSSR count). The largest absolute Gasteiger partial charge is 0.400 e. The molecule has 1 atom stereocenters. The molecule has 0 N–H and O–H groups in total. The maximum Gasteiger partial charge on any atom is 0.400 e. The Morgan fingerprint density at radius 3 is 2.43 bits per heavy atom. The number of hydrogen-bond donors (Lipinski definition) is 0. The number of unbranched alkanes of at least 4 members (excludes halogenated alkanes) is 1. The SMILES string of the molecule is CCCCC(C=O)OS(=O)(=O)OCC. The van der Waals surface area contributed by atoms with Gasteiger partial charge in [0.1, 0.15) is 12.4 Å². The molecule has 84 valence electrons. The summed E-state index contributed by atoms with van der Waals surface area (Å²) in [5.41, 5.74) is 0. The highest BCUT2D eigenvalue weighted by Gasteiger charge is 2.18. The monoisotopic (exact) mass is 224 g/mol. The standard InChI is InChI=1S/C8H16O5S/c1-3-5-6-8(7-9)13-14(10,11)12-4-2/h7-8H,3-6H2,1-2H3. The molecule has 0 aliphatic heterocycles. The smallest absolute Gasteiger partial charge is 0.300 e. The lowest BCUT2D eigenvalue weighted by molar-refractivity contribution is -0.114. The van der Waals surface area contributed by atoms with Crippen LogP contribution < -0.4 is 0 Å². The third-order valence-corrected chi connectivity index (χ3v) is 2.50. The maximum atomic E-state index is 11.0. The Hall–Kier alpha value is -0.460. The molecule has 0 spiro atoms. The van der Waals surface area contributed by atoms with Gasteiger partial charge in [-0.2, -0.15) is 8.42 Å². The van der Waals surface area contributed by atoms with Crippen molar-refractivity contribution in [3.63, 3.8) is 0 Å². The van der Waals surface area contributed by atoms with Crippen molar-refractivity contribution in [2.45, 2.75) is 39.2 Å². The summed E-state index contributed by atoms with van der Waals surface area (Å²) in [5, 5.41) is 0. The molecule has 0 saturated heterocycles. The second kappa shape index (κ2) is 6.92. The van der Waals surface area contributed by atoms with E-state index in [2.05, 4.69) is 8.37 Å². The Bertz CT molecular complexity index is 246. The van der Waals surface area contributed by atoms with Gasteiger partial charge in [0, 0.05) is 0 Å². The van der Waals surface area contributed by atoms with Crippen LogP contribution >= 0.6 is 0 Å². The number of aldehydes is 1. The first-order valence-electron chi connectivity index (χ1n) is 4.58. The Labute approximate surface area is 84.7 Å². The van der Waals surface area contributed by atoms with Crippen LogP contribution in [0.15, 0.2) is 0 Å². The van der Waals surface area contributed by atoms with Crippen LogP contribution in [0.5, 0.6) is 0 Å². The molecule has 0 radical (unpaired) electrons. The van der Waals surface area contributed by atoms with Crippen LogP contribution in [0, 0.1) is 0 Å². The fourth-order valence-electron chi connectivity index (χ4n) is 0.868. The van der Waals surface area contributed by atoms with Crippen LogP contribution in [0.1, 0.15) is 33.1 Å². The van der Waals surface area contributed by atoms with Gasteiger partial charge in [-0.1, -0.05) is 19.8 Å². The molecule has 0 heterocycles. The minimum absolute atomic E-state index is 0.00167. The predicted molar refractivity (Wildman–Crippen MR) is 51.0 cm³/mol. The van der Waals surface area contributed by atoms with Gasteiger partial charge in [0.2, 0.25) is 0 Å². The Balaban J connectivity index is 4.10. The topological polar surface area (TPSA) is 69.7 Å². The van der Waals surface area contributed by atoms with Crippen LogP contribution in [0.2, 0.25) is 0 Å². The molecule has 6 heteroatoms. The lowest BCUT2D eigenvalue weighted by Crippen LogP contribution is -2.21. The highest BCUT2D eigenvalue weighted by Crippen LogP contribution is 2.07. The third-order valence-electron chi connectivity index (χ3n) is 1.50. The van der Waals surface area contributed by atoms with Gasteiger partial charge in [0.25, 0.3) is 0 Å². The second-order valence-corrected chi connectivity index (χ2v) is 3.97. The lowest BCUT2D eigenvalue weighted by Gasteiger charge is -2.10. The Morgan fingerprint density at radius 2 is 2.00 bits per heavy atom. The van der Waals surface area contributed by atoms with E-state index in [-0.39, 0.29) is 6.61 Å². The quantitative estimate of drug-likeness (QED) is 0.576. The summed E-state index contributed by atoms with van der Waals surface area (Å²) in [6, 6.07) is 0. The van der Waals surface area contributed by atoms with E-state index in [1.807, 2.05) is 6.92 Å². The van der Waals surface area contributed by atoms with Crippen LogP contribution in [-0.2, 0) is 23.6 Å². The minimum atomic E-state index is -4.00. The third kappa shape index (κ3) is 6.06. The summed E-state index contributed by atoms with van der Waals surface area (Å²) in [7, 11) is -4.00. The molecule has 0 bridgehead atoms. The molecule has 0 aromatic rings. The molecule has 0 aromatic heterocycles. The molecule has 0 amide bonds. The highest BCUT2D eigenvalue weighted by atomic mass is 32.3. The first kappa shape index (κ1) is 13.5. The van der Waals surface area contributed by atoms with E-state index >= 15 is 0 Å². The normalized spacial score (nSPS) is 13.9. The summed E-state index contributed by atoms with van der Waals surface area (Å²) in [5.74, 6) is 0. The maximum absolute atomic E-state index is 11.0. The summed E-state index contributed by atoms with van der Waals surface area (Å²) in [4.78, 5) is 10.4. The number of carbonyl (C=O) groups excluding carboxylic acids is 1. The number of hydrogen-bond acceptors (Lipinski definition) is 5. The van der Waals surface area contributed by atoms with Gasteiger partial charge in [-0.05, 0) is 13.3 Å². The molecule has 0 aliphatic rings. The summed E-state index contributed by atoms with van der Waals surface area (Å²) in [6.45, 7) is 3.48. The molecule has 1 unspecified atom stereocenters. The fraction of sp³-hybridized carbons (Fsp3) is 0.875. The van der Waals surface area contributed by atoms with Gasteiger partial charge in [-0.25, -0.2) is 8.37 Å². The second-order valence-electron chi connectivity index (χ2n) is 2.73. The fourth-order valence-corrected chi connectivity index (χ4v) is 1.66. The van der Waals surface area contributed by atoms with Crippen LogP contribution in [0.25, 0.3) is 0 Å². The van der Waals surface area contributed by atoms with Gasteiger partial charge < -0.3 is 4.79 Å². The van der Waals surface area contributed by atoms with Crippen molar-refractivity contribution in [1.29, 1.82) is 0 Å². The van der Waals surface area contributed by atoms with Crippen molar-refractivity contribution < 1.29 is 21.6 Å². The molecular weight excluding hydrogens is 208 g/mol. The zero-order valence-electron chi connectivity index (χ0n) is 8.43. The van der Waals surface area contributed by atoms with Crippen molar-refractivity contribution in [1.82, 2.24) is 0 Å². The molecule has 0 aromatic carbocycles. The Kier molecular flexibility index (Phi) is 6.69. The van der Waals surface area contributed by atoms with E-state index in [9.17, 15) is 13.2 Å². The number of carbonyl (C=O) groups is 1. The molecule has 0 saturated carbocycles. The van der Waals surface area contributed by atoms with Crippen molar-refractivity contribution in [2.75, 3.05) is 6.61 Å². The van der Waals surface area contributed by atoms with Crippen molar-refractivity contribution in [3.8, 4) is 0 Å². The van der Waals surface area contributed by atoms with E-state index in [0.29, 0.717) is 12.7 Å². The average molecular weight is 224 g/mol.